The highest BCUT2D eigenvalue weighted by atomic mass is 32.1. The molecule has 0 unspecified atom stereocenters. The van der Waals surface area contributed by atoms with Gasteiger partial charge >= 0.3 is 0 Å². The third kappa shape index (κ3) is 13.0. The predicted octanol–water partition coefficient (Wildman–Crippen LogP) is 9.97. The summed E-state index contributed by atoms with van der Waals surface area (Å²) in [5.74, 6) is 1.20. The van der Waals surface area contributed by atoms with Crippen LogP contribution < -0.4 is 15.4 Å². The molecule has 358 valence electrons. The molecular formula is C55H70N4O7S. The van der Waals surface area contributed by atoms with Crippen molar-refractivity contribution in [3.8, 4) is 27.7 Å². The Labute approximate surface area is 400 Å². The number of nitrogens with zero attached hydrogens (tertiary/aromatic N) is 2. The number of fused-ring (bicyclic) bond motifs is 1. The number of thiophene rings is 1. The summed E-state index contributed by atoms with van der Waals surface area (Å²) in [5.41, 5.74) is 3.94. The van der Waals surface area contributed by atoms with Gasteiger partial charge in [-0.05, 0) is 147 Å². The molecule has 5 aromatic rings. The van der Waals surface area contributed by atoms with Crippen LogP contribution in [0.4, 0.5) is 0 Å². The zero-order chi connectivity index (χ0) is 47.7. The van der Waals surface area contributed by atoms with E-state index >= 15 is 0 Å². The van der Waals surface area contributed by atoms with Gasteiger partial charge in [-0.15, -0.1) is 11.3 Å². The highest BCUT2D eigenvalue weighted by Crippen LogP contribution is 2.42. The molecule has 12 heteroatoms. The van der Waals surface area contributed by atoms with E-state index in [1.165, 1.54) is 29.7 Å². The molecule has 0 bridgehead atoms. The van der Waals surface area contributed by atoms with Crippen molar-refractivity contribution < 1.29 is 34.4 Å². The van der Waals surface area contributed by atoms with Gasteiger partial charge in [-0.1, -0.05) is 77.6 Å². The zero-order valence-corrected chi connectivity index (χ0v) is 40.7. The number of aliphatic hydroxyl groups is 1. The fourth-order valence-electron chi connectivity index (χ4n) is 9.21. The summed E-state index contributed by atoms with van der Waals surface area (Å²) in [5, 5.41) is 38.0. The number of carbonyl (C=O) groups is 3. The van der Waals surface area contributed by atoms with Crippen molar-refractivity contribution in [2.75, 3.05) is 39.3 Å². The number of ether oxygens (including phenoxy) is 1. The fourth-order valence-corrected chi connectivity index (χ4v) is 10.4. The molecule has 0 spiro atoms. The maximum atomic E-state index is 14.1. The molecule has 11 nitrogen and oxygen atoms in total. The maximum absolute atomic E-state index is 14.1. The number of aliphatic hydroxyl groups excluding tert-OH is 1. The standard InChI is InChI=1S/C55H70N4O7S/c1-6-58(31-32-66-45-26-21-40(22-27-45)50(63)49-46-28-25-43(61)34-48(46)67-51(49)41-19-23-42(60)24-20-41)30-12-10-8-7-9-11-29-56-52(55(3,4)5)54(65)59-35-44(62)33-47(59)53(64)57-36(2)37-13-15-38(16-14-37)39-17-18-39/h13-16,19-28,34,36,39,44,47,52,56,60-62H,6-12,17-18,29-33,35H2,1-5H3,(H,57,64)/t36-,44+,47-,52+/m0/s1. The Balaban J connectivity index is 0.794. The van der Waals surface area contributed by atoms with E-state index in [0.29, 0.717) is 35.9 Å². The summed E-state index contributed by atoms with van der Waals surface area (Å²) < 4.78 is 6.92. The SMILES string of the molecule is CCN(CCCCCCCCN[C@H](C(=O)N1C[C@H](O)C[C@H]1C(=O)N[C@@H](C)c1ccc(C2CC2)cc1)C(C)(C)C)CCOc1ccc(C(=O)c2c(-c3ccc(O)cc3)sc3cc(O)ccc23)cc1. The van der Waals surface area contributed by atoms with Crippen LogP contribution in [-0.4, -0.2) is 100 Å². The Morgan fingerprint density at radius 1 is 0.851 bits per heavy atom. The highest BCUT2D eigenvalue weighted by molar-refractivity contribution is 7.22. The van der Waals surface area contributed by atoms with Gasteiger partial charge in [0.25, 0.3) is 0 Å². The van der Waals surface area contributed by atoms with Gasteiger partial charge in [-0.3, -0.25) is 14.4 Å². The molecule has 67 heavy (non-hydrogen) atoms. The monoisotopic (exact) mass is 930 g/mol. The zero-order valence-electron chi connectivity index (χ0n) is 39.9. The molecule has 4 aromatic carbocycles. The average Bonchev–Trinajstić information content (AvgIpc) is 3.99. The number of carbonyl (C=O) groups excluding carboxylic acids is 3. The first-order valence-electron chi connectivity index (χ1n) is 24.4. The number of β-amino-alcohol motifs (C(OH)–C–C–N with tert-alkyl or cyclic N) is 1. The van der Waals surface area contributed by atoms with E-state index in [4.69, 9.17) is 4.74 Å². The average molecular weight is 931 g/mol. The van der Waals surface area contributed by atoms with Gasteiger partial charge in [0.2, 0.25) is 11.8 Å². The lowest BCUT2D eigenvalue weighted by atomic mass is 9.85. The van der Waals surface area contributed by atoms with Gasteiger partial charge in [-0.25, -0.2) is 0 Å². The third-order valence-electron chi connectivity index (χ3n) is 13.3. The van der Waals surface area contributed by atoms with E-state index in [2.05, 4.69) is 46.7 Å². The van der Waals surface area contributed by atoms with Crippen LogP contribution in [0.25, 0.3) is 20.5 Å². The van der Waals surface area contributed by atoms with Crippen LogP contribution in [0.1, 0.15) is 131 Å². The summed E-state index contributed by atoms with van der Waals surface area (Å²) in [7, 11) is 0. The lowest BCUT2D eigenvalue weighted by Crippen LogP contribution is -2.56. The minimum atomic E-state index is -0.734. The number of phenolic OH excluding ortho intramolecular Hbond substituents is 2. The van der Waals surface area contributed by atoms with Crippen LogP contribution in [0, 0.1) is 5.41 Å². The highest BCUT2D eigenvalue weighted by Gasteiger charge is 2.44. The molecule has 4 atom stereocenters. The minimum absolute atomic E-state index is 0.117. The molecule has 5 N–H and O–H groups in total. The Bertz CT molecular complexity index is 2420. The third-order valence-corrected chi connectivity index (χ3v) is 14.5. The topological polar surface area (TPSA) is 152 Å². The van der Waals surface area contributed by atoms with Crippen LogP contribution in [0.3, 0.4) is 0 Å². The van der Waals surface area contributed by atoms with Crippen molar-refractivity contribution >= 4 is 39.0 Å². The van der Waals surface area contributed by atoms with Crippen molar-refractivity contribution in [3.05, 3.63) is 113 Å². The van der Waals surface area contributed by atoms with Gasteiger partial charge in [0.15, 0.2) is 5.78 Å². The lowest BCUT2D eigenvalue weighted by molar-refractivity contribution is -0.142. The number of unbranched alkanes of at least 4 members (excludes halogenated alkanes) is 5. The number of nitrogens with one attached hydrogen (secondary N) is 2. The number of phenols is 2. The molecule has 1 saturated carbocycles. The second-order valence-electron chi connectivity index (χ2n) is 19.6. The minimum Gasteiger partial charge on any atom is -0.508 e. The largest absolute Gasteiger partial charge is 0.508 e. The lowest BCUT2D eigenvalue weighted by Gasteiger charge is -2.35. The molecule has 0 radical (unpaired) electrons. The first kappa shape index (κ1) is 49.6. The summed E-state index contributed by atoms with van der Waals surface area (Å²) in [6.45, 7) is 14.4. The fraction of sp³-hybridized carbons (Fsp3) is 0.473. The molecule has 2 heterocycles. The van der Waals surface area contributed by atoms with E-state index in [9.17, 15) is 29.7 Å². The van der Waals surface area contributed by atoms with E-state index in [0.717, 1.165) is 84.2 Å². The number of ketones is 1. The van der Waals surface area contributed by atoms with E-state index in [1.54, 1.807) is 59.5 Å². The predicted molar refractivity (Wildman–Crippen MR) is 268 cm³/mol. The van der Waals surface area contributed by atoms with Crippen LogP contribution in [0.2, 0.25) is 0 Å². The molecule has 1 aromatic heterocycles. The normalized spacial score (nSPS) is 17.2. The van der Waals surface area contributed by atoms with Crippen LogP contribution in [0.15, 0.2) is 91.0 Å². The Kier molecular flexibility index (Phi) is 16.8. The van der Waals surface area contributed by atoms with Gasteiger partial charge in [-0.2, -0.15) is 0 Å². The van der Waals surface area contributed by atoms with Crippen molar-refractivity contribution in [1.29, 1.82) is 0 Å². The molecule has 1 aliphatic heterocycles. The summed E-state index contributed by atoms with van der Waals surface area (Å²) >= 11 is 1.44. The van der Waals surface area contributed by atoms with Gasteiger partial charge < -0.3 is 40.5 Å². The maximum Gasteiger partial charge on any atom is 0.243 e. The second kappa shape index (κ2) is 22.7. The molecule has 1 aliphatic carbocycles. The number of benzene rings is 4. The van der Waals surface area contributed by atoms with Gasteiger partial charge in [0.1, 0.15) is 29.9 Å². The summed E-state index contributed by atoms with van der Waals surface area (Å²) in [6.07, 6.45) is 8.52. The summed E-state index contributed by atoms with van der Waals surface area (Å²) in [4.78, 5) is 46.4. The number of likely N-dealkylation sites (tertiary alicyclic amines) is 1. The van der Waals surface area contributed by atoms with Crippen molar-refractivity contribution in [1.82, 2.24) is 20.4 Å². The summed E-state index contributed by atoms with van der Waals surface area (Å²) in [6, 6.07) is 26.2. The Hall–Kier alpha value is -5.27. The molecule has 7 rings (SSSR count). The Morgan fingerprint density at radius 2 is 1.52 bits per heavy atom. The molecule has 2 fully saturated rings. The molecule has 2 aliphatic rings. The van der Waals surface area contributed by atoms with E-state index in [1.807, 2.05) is 39.8 Å². The first-order valence-corrected chi connectivity index (χ1v) is 25.2. The number of hydrogen-bond acceptors (Lipinski definition) is 10. The molecule has 1 saturated heterocycles. The quantitative estimate of drug-likeness (QED) is 0.0319. The van der Waals surface area contributed by atoms with Crippen molar-refractivity contribution in [3.63, 3.8) is 0 Å². The second-order valence-corrected chi connectivity index (χ2v) is 20.7. The van der Waals surface area contributed by atoms with Crippen molar-refractivity contribution in [2.45, 2.75) is 123 Å². The van der Waals surface area contributed by atoms with Crippen LogP contribution in [-0.2, 0) is 9.59 Å². The number of likely N-dealkylation sites (N-methyl/N-ethyl adjacent to an activating group) is 1. The van der Waals surface area contributed by atoms with E-state index < -0.39 is 18.2 Å². The van der Waals surface area contributed by atoms with Crippen molar-refractivity contribution in [2.24, 2.45) is 5.41 Å². The Morgan fingerprint density at radius 3 is 2.19 bits per heavy atom. The van der Waals surface area contributed by atoms with E-state index in [-0.39, 0.29) is 53.5 Å². The van der Waals surface area contributed by atoms with Crippen LogP contribution >= 0.6 is 11.3 Å². The number of amides is 2. The smallest absolute Gasteiger partial charge is 0.243 e. The first-order chi connectivity index (χ1) is 32.2. The molecule has 2 amide bonds. The number of rotatable bonds is 23. The van der Waals surface area contributed by atoms with Gasteiger partial charge in [0, 0.05) is 45.6 Å². The number of aromatic hydroxyl groups is 2. The number of hydrogen-bond donors (Lipinski definition) is 5. The van der Waals surface area contributed by atoms with Gasteiger partial charge in [0.05, 0.1) is 18.2 Å². The molecular weight excluding hydrogens is 861 g/mol. The van der Waals surface area contributed by atoms with Crippen LogP contribution in [0.5, 0.6) is 17.2 Å².